The topological polar surface area (TPSA) is 43.0 Å². The van der Waals surface area contributed by atoms with Gasteiger partial charge in [0.25, 0.3) is 0 Å². The molecule has 0 saturated carbocycles. The molecule has 0 aliphatic rings. The molecule has 0 aliphatic heterocycles. The SMILES string of the molecule is CCNC(c1occc1C)c1c(Br)cnn1C. The molecule has 0 bridgehead atoms. The Balaban J connectivity index is 2.46. The molecule has 4 nitrogen and oxygen atoms in total. The second kappa shape index (κ2) is 5.06. The zero-order valence-corrected chi connectivity index (χ0v) is 11.8. The van der Waals surface area contributed by atoms with Crippen molar-refractivity contribution in [1.82, 2.24) is 15.1 Å². The number of rotatable bonds is 4. The summed E-state index contributed by atoms with van der Waals surface area (Å²) in [7, 11) is 1.93. The van der Waals surface area contributed by atoms with E-state index in [9.17, 15) is 0 Å². The van der Waals surface area contributed by atoms with Crippen molar-refractivity contribution in [2.24, 2.45) is 7.05 Å². The molecule has 2 rings (SSSR count). The average Bonchev–Trinajstić information content (AvgIpc) is 2.84. The standard InChI is InChI=1S/C12H16BrN3O/c1-4-14-10(12-8(2)5-6-17-12)11-9(13)7-15-16(11)3/h5-7,10,14H,4H2,1-3H3. The highest BCUT2D eigenvalue weighted by atomic mass is 79.9. The highest BCUT2D eigenvalue weighted by Crippen LogP contribution is 2.30. The number of aryl methyl sites for hydroxylation is 2. The van der Waals surface area contributed by atoms with Gasteiger partial charge in [-0.3, -0.25) is 4.68 Å². The summed E-state index contributed by atoms with van der Waals surface area (Å²) in [6, 6.07) is 2.00. The molecule has 0 fully saturated rings. The smallest absolute Gasteiger partial charge is 0.129 e. The number of nitrogens with zero attached hydrogens (tertiary/aromatic N) is 2. The Morgan fingerprint density at radius 1 is 1.59 bits per heavy atom. The second-order valence-electron chi connectivity index (χ2n) is 3.96. The molecule has 1 unspecified atom stereocenters. The van der Waals surface area contributed by atoms with Crippen molar-refractivity contribution in [2.75, 3.05) is 6.54 Å². The summed E-state index contributed by atoms with van der Waals surface area (Å²) in [5.41, 5.74) is 2.22. The number of hydrogen-bond donors (Lipinski definition) is 1. The molecule has 2 heterocycles. The third-order valence-corrected chi connectivity index (χ3v) is 3.39. The number of halogens is 1. The minimum absolute atomic E-state index is 0.0249. The van der Waals surface area contributed by atoms with E-state index in [0.717, 1.165) is 28.0 Å². The first-order chi connectivity index (χ1) is 8.15. The number of aromatic nitrogens is 2. The van der Waals surface area contributed by atoms with Gasteiger partial charge in [0.2, 0.25) is 0 Å². The van der Waals surface area contributed by atoms with Crippen LogP contribution in [-0.2, 0) is 7.05 Å². The summed E-state index contributed by atoms with van der Waals surface area (Å²) in [4.78, 5) is 0. The molecule has 0 spiro atoms. The van der Waals surface area contributed by atoms with E-state index < -0.39 is 0 Å². The molecule has 0 radical (unpaired) electrons. The number of furan rings is 1. The third-order valence-electron chi connectivity index (χ3n) is 2.78. The fraction of sp³-hybridized carbons (Fsp3) is 0.417. The third kappa shape index (κ3) is 2.30. The van der Waals surface area contributed by atoms with Gasteiger partial charge in [-0.1, -0.05) is 6.92 Å². The van der Waals surface area contributed by atoms with E-state index in [0.29, 0.717) is 0 Å². The Hall–Kier alpha value is -1.07. The highest BCUT2D eigenvalue weighted by molar-refractivity contribution is 9.10. The van der Waals surface area contributed by atoms with E-state index in [1.807, 2.05) is 24.7 Å². The van der Waals surface area contributed by atoms with Crippen molar-refractivity contribution in [3.8, 4) is 0 Å². The fourth-order valence-corrected chi connectivity index (χ4v) is 2.52. The van der Waals surface area contributed by atoms with Crippen molar-refractivity contribution in [3.63, 3.8) is 0 Å². The summed E-state index contributed by atoms with van der Waals surface area (Å²) >= 11 is 3.53. The van der Waals surface area contributed by atoms with E-state index in [2.05, 4.69) is 33.3 Å². The molecule has 2 aromatic heterocycles. The van der Waals surface area contributed by atoms with Gasteiger partial charge >= 0.3 is 0 Å². The van der Waals surface area contributed by atoms with Crippen LogP contribution in [-0.4, -0.2) is 16.3 Å². The van der Waals surface area contributed by atoms with Gasteiger partial charge in [-0.2, -0.15) is 5.10 Å². The lowest BCUT2D eigenvalue weighted by Crippen LogP contribution is -2.24. The lowest BCUT2D eigenvalue weighted by atomic mass is 10.1. The lowest BCUT2D eigenvalue weighted by Gasteiger charge is -2.17. The zero-order chi connectivity index (χ0) is 12.4. The Kier molecular flexibility index (Phi) is 3.69. The minimum atomic E-state index is 0.0249. The average molecular weight is 298 g/mol. The van der Waals surface area contributed by atoms with Gasteiger partial charge in [0, 0.05) is 7.05 Å². The molecular weight excluding hydrogens is 282 g/mol. The van der Waals surface area contributed by atoms with Gasteiger partial charge in [0.15, 0.2) is 0 Å². The predicted molar refractivity (Wildman–Crippen MR) is 69.9 cm³/mol. The second-order valence-corrected chi connectivity index (χ2v) is 4.81. The Bertz CT molecular complexity index is 484. The predicted octanol–water partition coefficient (Wildman–Crippen LogP) is 2.78. The Labute approximate surface area is 109 Å². The van der Waals surface area contributed by atoms with Crippen molar-refractivity contribution >= 4 is 15.9 Å². The monoisotopic (exact) mass is 297 g/mol. The lowest BCUT2D eigenvalue weighted by molar-refractivity contribution is 0.434. The summed E-state index contributed by atoms with van der Waals surface area (Å²) in [5.74, 6) is 0.941. The van der Waals surface area contributed by atoms with Crippen LogP contribution in [0.1, 0.15) is 30.0 Å². The van der Waals surface area contributed by atoms with Crippen molar-refractivity contribution in [1.29, 1.82) is 0 Å². The van der Waals surface area contributed by atoms with E-state index in [-0.39, 0.29) is 6.04 Å². The highest BCUT2D eigenvalue weighted by Gasteiger charge is 2.23. The van der Waals surface area contributed by atoms with Gasteiger partial charge in [0.05, 0.1) is 22.6 Å². The first-order valence-corrected chi connectivity index (χ1v) is 6.39. The van der Waals surface area contributed by atoms with Crippen molar-refractivity contribution < 1.29 is 4.42 Å². The van der Waals surface area contributed by atoms with Gasteiger partial charge < -0.3 is 9.73 Å². The maximum absolute atomic E-state index is 5.59. The van der Waals surface area contributed by atoms with Gasteiger partial charge in [-0.05, 0) is 41.0 Å². The van der Waals surface area contributed by atoms with E-state index in [1.165, 1.54) is 0 Å². The van der Waals surface area contributed by atoms with Crippen LogP contribution in [0.5, 0.6) is 0 Å². The van der Waals surface area contributed by atoms with Crippen LogP contribution in [0.25, 0.3) is 0 Å². The summed E-state index contributed by atoms with van der Waals surface area (Å²) in [6.45, 7) is 4.99. The summed E-state index contributed by atoms with van der Waals surface area (Å²) in [6.07, 6.45) is 3.53. The first kappa shape index (κ1) is 12.4. The maximum Gasteiger partial charge on any atom is 0.129 e. The van der Waals surface area contributed by atoms with Crippen LogP contribution in [0.4, 0.5) is 0 Å². The molecule has 0 aliphatic carbocycles. The Morgan fingerprint density at radius 3 is 2.82 bits per heavy atom. The molecular formula is C12H16BrN3O. The van der Waals surface area contributed by atoms with Gasteiger partial charge in [-0.25, -0.2) is 0 Å². The van der Waals surface area contributed by atoms with Crippen LogP contribution in [0.15, 0.2) is 27.4 Å². The number of nitrogens with one attached hydrogen (secondary N) is 1. The van der Waals surface area contributed by atoms with Crippen LogP contribution in [0, 0.1) is 6.92 Å². The molecule has 92 valence electrons. The fourth-order valence-electron chi connectivity index (χ4n) is 1.94. The quantitative estimate of drug-likeness (QED) is 0.944. The summed E-state index contributed by atoms with van der Waals surface area (Å²) in [5, 5.41) is 7.67. The minimum Gasteiger partial charge on any atom is -0.467 e. The van der Waals surface area contributed by atoms with E-state index in [1.54, 1.807) is 12.5 Å². The molecule has 0 aromatic carbocycles. The van der Waals surface area contributed by atoms with Crippen molar-refractivity contribution in [2.45, 2.75) is 19.9 Å². The van der Waals surface area contributed by atoms with Gasteiger partial charge in [-0.15, -0.1) is 0 Å². The molecule has 0 saturated heterocycles. The van der Waals surface area contributed by atoms with Gasteiger partial charge in [0.1, 0.15) is 11.8 Å². The normalized spacial score (nSPS) is 12.9. The Morgan fingerprint density at radius 2 is 2.35 bits per heavy atom. The number of hydrogen-bond acceptors (Lipinski definition) is 3. The van der Waals surface area contributed by atoms with Crippen LogP contribution in [0.3, 0.4) is 0 Å². The maximum atomic E-state index is 5.59. The van der Waals surface area contributed by atoms with Crippen LogP contribution in [0.2, 0.25) is 0 Å². The van der Waals surface area contributed by atoms with Crippen molar-refractivity contribution in [3.05, 3.63) is 40.0 Å². The van der Waals surface area contributed by atoms with Crippen LogP contribution >= 0.6 is 15.9 Å². The first-order valence-electron chi connectivity index (χ1n) is 5.60. The largest absolute Gasteiger partial charge is 0.467 e. The van der Waals surface area contributed by atoms with E-state index in [4.69, 9.17) is 4.42 Å². The molecule has 0 amide bonds. The van der Waals surface area contributed by atoms with Crippen LogP contribution < -0.4 is 5.32 Å². The molecule has 5 heteroatoms. The zero-order valence-electron chi connectivity index (χ0n) is 10.2. The molecule has 17 heavy (non-hydrogen) atoms. The molecule has 1 N–H and O–H groups in total. The summed E-state index contributed by atoms with van der Waals surface area (Å²) < 4.78 is 8.44. The van der Waals surface area contributed by atoms with E-state index >= 15 is 0 Å². The molecule has 2 aromatic rings. The molecule has 1 atom stereocenters.